The molecule has 23 heavy (non-hydrogen) atoms. The van der Waals surface area contributed by atoms with E-state index in [9.17, 15) is 13.2 Å². The smallest absolute Gasteiger partial charge is 0.242 e. The first-order valence-electron chi connectivity index (χ1n) is 8.22. The van der Waals surface area contributed by atoms with Crippen molar-refractivity contribution in [1.82, 2.24) is 4.31 Å². The summed E-state index contributed by atoms with van der Waals surface area (Å²) in [6.07, 6.45) is 7.85. The Bertz CT molecular complexity index is 618. The van der Waals surface area contributed by atoms with E-state index in [-0.39, 0.29) is 10.8 Å². The number of anilines is 1. The van der Waals surface area contributed by atoms with Crippen LogP contribution in [0.3, 0.4) is 0 Å². The van der Waals surface area contributed by atoms with Gasteiger partial charge in [-0.05, 0) is 36.6 Å². The molecule has 2 rings (SSSR count). The Kier molecular flexibility index (Phi) is 6.18. The number of nitrogens with zero attached hydrogens (tertiary/aromatic N) is 1. The predicted octanol–water partition coefficient (Wildman–Crippen LogP) is 3.24. The maximum absolute atomic E-state index is 12.0. The number of hydrogen-bond donors (Lipinski definition) is 1. The van der Waals surface area contributed by atoms with Crippen LogP contribution in [0.1, 0.15) is 44.9 Å². The molecule has 1 fully saturated rings. The Morgan fingerprint density at radius 2 is 1.74 bits per heavy atom. The van der Waals surface area contributed by atoms with Crippen LogP contribution in [0, 0.1) is 5.92 Å². The van der Waals surface area contributed by atoms with E-state index in [0.717, 1.165) is 6.42 Å². The minimum absolute atomic E-state index is 0.00112. The SMILES string of the molecule is CN(C)S(=O)(=O)c1ccc(NC(=O)CCC2CCCCC2)cc1. The molecule has 0 spiro atoms. The highest BCUT2D eigenvalue weighted by atomic mass is 32.2. The molecule has 1 aliphatic carbocycles. The van der Waals surface area contributed by atoms with Crippen LogP contribution in [0.4, 0.5) is 5.69 Å². The summed E-state index contributed by atoms with van der Waals surface area (Å²) < 4.78 is 25.1. The summed E-state index contributed by atoms with van der Waals surface area (Å²) in [6.45, 7) is 0. The first-order chi connectivity index (χ1) is 10.9. The van der Waals surface area contributed by atoms with Gasteiger partial charge in [-0.15, -0.1) is 0 Å². The third kappa shape index (κ3) is 5.04. The van der Waals surface area contributed by atoms with Gasteiger partial charge in [0.1, 0.15) is 0 Å². The van der Waals surface area contributed by atoms with Crippen molar-refractivity contribution in [3.63, 3.8) is 0 Å². The van der Waals surface area contributed by atoms with Crippen molar-refractivity contribution in [2.75, 3.05) is 19.4 Å². The normalized spacial score (nSPS) is 16.5. The zero-order valence-electron chi connectivity index (χ0n) is 13.9. The second-order valence-electron chi connectivity index (χ2n) is 6.40. The highest BCUT2D eigenvalue weighted by Crippen LogP contribution is 2.27. The first kappa shape index (κ1) is 17.9. The Labute approximate surface area is 139 Å². The van der Waals surface area contributed by atoms with Crippen molar-refractivity contribution in [2.45, 2.75) is 49.8 Å². The van der Waals surface area contributed by atoms with Gasteiger partial charge in [0.2, 0.25) is 15.9 Å². The van der Waals surface area contributed by atoms with Gasteiger partial charge in [-0.2, -0.15) is 0 Å². The van der Waals surface area contributed by atoms with E-state index in [1.54, 1.807) is 12.1 Å². The van der Waals surface area contributed by atoms with Crippen molar-refractivity contribution in [1.29, 1.82) is 0 Å². The number of nitrogens with one attached hydrogen (secondary N) is 1. The van der Waals surface area contributed by atoms with Gasteiger partial charge >= 0.3 is 0 Å². The van der Waals surface area contributed by atoms with E-state index >= 15 is 0 Å². The van der Waals surface area contributed by atoms with Crippen LogP contribution < -0.4 is 5.32 Å². The van der Waals surface area contributed by atoms with Crippen molar-refractivity contribution in [3.8, 4) is 0 Å². The van der Waals surface area contributed by atoms with Crippen molar-refractivity contribution >= 4 is 21.6 Å². The molecular weight excluding hydrogens is 312 g/mol. The highest BCUT2D eigenvalue weighted by Gasteiger charge is 2.17. The summed E-state index contributed by atoms with van der Waals surface area (Å²) >= 11 is 0. The number of benzene rings is 1. The second-order valence-corrected chi connectivity index (χ2v) is 8.55. The molecule has 0 aliphatic heterocycles. The molecule has 1 aromatic carbocycles. The maximum atomic E-state index is 12.0. The van der Waals surface area contributed by atoms with Gasteiger partial charge in [-0.3, -0.25) is 4.79 Å². The molecule has 0 unspecified atom stereocenters. The summed E-state index contributed by atoms with van der Waals surface area (Å²) in [5.41, 5.74) is 0.636. The van der Waals surface area contributed by atoms with Gasteiger partial charge < -0.3 is 5.32 Å². The van der Waals surface area contributed by atoms with E-state index in [1.165, 1.54) is 62.6 Å². The number of hydrogen-bond acceptors (Lipinski definition) is 3. The van der Waals surface area contributed by atoms with Gasteiger partial charge in [0, 0.05) is 26.2 Å². The average Bonchev–Trinajstić information content (AvgIpc) is 2.54. The number of sulfonamides is 1. The third-order valence-electron chi connectivity index (χ3n) is 4.42. The Morgan fingerprint density at radius 1 is 1.13 bits per heavy atom. The van der Waals surface area contributed by atoms with Gasteiger partial charge in [0.05, 0.1) is 4.90 Å². The van der Waals surface area contributed by atoms with Crippen LogP contribution in [0.5, 0.6) is 0 Å². The van der Waals surface area contributed by atoms with Crippen molar-refractivity contribution in [3.05, 3.63) is 24.3 Å². The molecule has 6 heteroatoms. The molecule has 0 heterocycles. The summed E-state index contributed by atoms with van der Waals surface area (Å²) in [6, 6.07) is 6.31. The number of amides is 1. The molecule has 0 aromatic heterocycles. The first-order valence-corrected chi connectivity index (χ1v) is 9.66. The van der Waals surface area contributed by atoms with Crippen LogP contribution in [0.15, 0.2) is 29.2 Å². The number of carbonyl (C=O) groups is 1. The molecule has 0 atom stereocenters. The lowest BCUT2D eigenvalue weighted by molar-refractivity contribution is -0.116. The summed E-state index contributed by atoms with van der Waals surface area (Å²) in [4.78, 5) is 12.2. The number of rotatable bonds is 6. The largest absolute Gasteiger partial charge is 0.326 e. The lowest BCUT2D eigenvalue weighted by atomic mass is 9.86. The van der Waals surface area contributed by atoms with E-state index in [4.69, 9.17) is 0 Å². The van der Waals surface area contributed by atoms with E-state index in [0.29, 0.717) is 18.0 Å². The van der Waals surface area contributed by atoms with Crippen molar-refractivity contribution in [2.24, 2.45) is 5.92 Å². The summed E-state index contributed by atoms with van der Waals surface area (Å²) in [5.74, 6) is 0.681. The van der Waals surface area contributed by atoms with Crippen LogP contribution in [-0.4, -0.2) is 32.7 Å². The fraction of sp³-hybridized carbons (Fsp3) is 0.588. The van der Waals surface area contributed by atoms with Gasteiger partial charge in [-0.1, -0.05) is 32.1 Å². The van der Waals surface area contributed by atoms with Crippen LogP contribution in [0.25, 0.3) is 0 Å². The zero-order chi connectivity index (χ0) is 16.9. The summed E-state index contributed by atoms with van der Waals surface area (Å²) in [7, 11) is -0.434. The third-order valence-corrected chi connectivity index (χ3v) is 6.25. The van der Waals surface area contributed by atoms with E-state index in [2.05, 4.69) is 5.32 Å². The average molecular weight is 338 g/mol. The minimum Gasteiger partial charge on any atom is -0.326 e. The Balaban J connectivity index is 1.86. The molecule has 1 amide bonds. The van der Waals surface area contributed by atoms with Crippen LogP contribution >= 0.6 is 0 Å². The Morgan fingerprint density at radius 3 is 2.30 bits per heavy atom. The fourth-order valence-electron chi connectivity index (χ4n) is 2.96. The van der Waals surface area contributed by atoms with Crippen LogP contribution in [0.2, 0.25) is 0 Å². The topological polar surface area (TPSA) is 66.5 Å². The monoisotopic (exact) mass is 338 g/mol. The maximum Gasteiger partial charge on any atom is 0.242 e. The molecule has 1 aromatic rings. The van der Waals surface area contributed by atoms with Gasteiger partial charge in [0.15, 0.2) is 0 Å². The van der Waals surface area contributed by atoms with E-state index in [1.807, 2.05) is 0 Å². The second kappa shape index (κ2) is 7.93. The van der Waals surface area contributed by atoms with Crippen molar-refractivity contribution < 1.29 is 13.2 Å². The molecule has 1 N–H and O–H groups in total. The molecule has 128 valence electrons. The standard InChI is InChI=1S/C17H26N2O3S/c1-19(2)23(21,22)16-11-9-15(10-12-16)18-17(20)13-8-14-6-4-3-5-7-14/h9-12,14H,3-8,13H2,1-2H3,(H,18,20). The molecule has 0 radical (unpaired) electrons. The lowest BCUT2D eigenvalue weighted by Gasteiger charge is -2.21. The molecule has 5 nitrogen and oxygen atoms in total. The summed E-state index contributed by atoms with van der Waals surface area (Å²) in [5, 5.41) is 2.84. The fourth-order valence-corrected chi connectivity index (χ4v) is 3.86. The minimum atomic E-state index is -3.43. The van der Waals surface area contributed by atoms with Gasteiger partial charge in [-0.25, -0.2) is 12.7 Å². The molecule has 0 bridgehead atoms. The van der Waals surface area contributed by atoms with Gasteiger partial charge in [0.25, 0.3) is 0 Å². The lowest BCUT2D eigenvalue weighted by Crippen LogP contribution is -2.22. The number of carbonyl (C=O) groups excluding carboxylic acids is 1. The van der Waals surface area contributed by atoms with E-state index < -0.39 is 10.0 Å². The molecule has 1 saturated carbocycles. The molecule has 0 saturated heterocycles. The highest BCUT2D eigenvalue weighted by molar-refractivity contribution is 7.89. The molecule has 1 aliphatic rings. The predicted molar refractivity (Wildman–Crippen MR) is 91.8 cm³/mol. The zero-order valence-corrected chi connectivity index (χ0v) is 14.7. The molecular formula is C17H26N2O3S. The Hall–Kier alpha value is -1.40. The van der Waals surface area contributed by atoms with Crippen LogP contribution in [-0.2, 0) is 14.8 Å². The quantitative estimate of drug-likeness (QED) is 0.866.